The second-order valence-corrected chi connectivity index (χ2v) is 13.9. The van der Waals surface area contributed by atoms with Crippen LogP contribution < -0.4 is 27.5 Å². The molecule has 0 aliphatic heterocycles. The fourth-order valence-corrected chi connectivity index (χ4v) is 6.27. The molecule has 302 valence electrons. The van der Waals surface area contributed by atoms with Crippen molar-refractivity contribution in [2.75, 3.05) is 7.11 Å². The highest BCUT2D eigenvalue weighted by atomic mass is 16.5. The molecule has 0 saturated heterocycles. The van der Waals surface area contributed by atoms with Crippen molar-refractivity contribution in [3.63, 3.8) is 0 Å². The van der Waals surface area contributed by atoms with E-state index in [2.05, 4.69) is 21.0 Å². The number of benzene rings is 3. The first kappa shape index (κ1) is 43.5. The van der Waals surface area contributed by atoms with Crippen LogP contribution in [-0.4, -0.2) is 77.0 Å². The van der Waals surface area contributed by atoms with Gasteiger partial charge in [-0.25, -0.2) is 9.78 Å². The normalized spacial score (nSPS) is 13.8. The lowest BCUT2D eigenvalue weighted by molar-refractivity contribution is -0.161. The molecule has 7 N–H and O–H groups in total. The van der Waals surface area contributed by atoms with E-state index in [1.165, 1.54) is 18.2 Å². The lowest BCUT2D eigenvalue weighted by atomic mass is 9.84. The van der Waals surface area contributed by atoms with Gasteiger partial charge in [0.15, 0.2) is 5.78 Å². The highest BCUT2D eigenvalue weighted by Crippen LogP contribution is 2.25. The number of nitrogens with two attached hydrogens (primary N) is 2. The summed E-state index contributed by atoms with van der Waals surface area (Å²) in [5.74, 6) is -5.35. The lowest BCUT2D eigenvalue weighted by Crippen LogP contribution is -2.64. The average molecular weight is 782 g/mol. The molecule has 1 heterocycles. The van der Waals surface area contributed by atoms with Gasteiger partial charge in [0.2, 0.25) is 5.91 Å². The largest absolute Gasteiger partial charge is 0.458 e. The second-order valence-electron chi connectivity index (χ2n) is 13.9. The number of Topliss-reactive ketones (excluding diaryl/α,β-unsaturated/α-hetero) is 1. The van der Waals surface area contributed by atoms with Gasteiger partial charge in [-0.2, -0.15) is 5.01 Å². The molecule has 3 aromatic carbocycles. The average Bonchev–Trinajstić information content (AvgIpc) is 3.20. The zero-order chi connectivity index (χ0) is 41.5. The number of para-hydroxylation sites is 1. The van der Waals surface area contributed by atoms with Crippen molar-refractivity contribution in [3.05, 3.63) is 114 Å². The number of aromatic nitrogens is 1. The molecule has 4 aromatic rings. The van der Waals surface area contributed by atoms with E-state index in [-0.39, 0.29) is 25.1 Å². The molecule has 0 aliphatic rings. The van der Waals surface area contributed by atoms with Gasteiger partial charge >= 0.3 is 12.1 Å². The lowest BCUT2D eigenvalue weighted by Gasteiger charge is -2.39. The van der Waals surface area contributed by atoms with Gasteiger partial charge in [0, 0.05) is 18.4 Å². The Morgan fingerprint density at radius 2 is 1.46 bits per heavy atom. The van der Waals surface area contributed by atoms with E-state index in [0.29, 0.717) is 23.1 Å². The van der Waals surface area contributed by atoms with Gasteiger partial charge < -0.3 is 31.6 Å². The molecule has 4 rings (SSSR count). The summed E-state index contributed by atoms with van der Waals surface area (Å²) in [5, 5.41) is 7.31. The predicted octanol–water partition coefficient (Wildman–Crippen LogP) is 3.55. The van der Waals surface area contributed by atoms with Crippen molar-refractivity contribution < 1.29 is 38.2 Å². The number of pyridine rings is 1. The summed E-state index contributed by atoms with van der Waals surface area (Å²) in [6.45, 7) is 5.21. The highest BCUT2D eigenvalue weighted by Gasteiger charge is 2.43. The predicted molar refractivity (Wildman–Crippen MR) is 213 cm³/mol. The Hall–Kier alpha value is -6.19. The number of esters is 1. The van der Waals surface area contributed by atoms with Crippen molar-refractivity contribution in [2.24, 2.45) is 23.3 Å². The van der Waals surface area contributed by atoms with Crippen LogP contribution >= 0.6 is 0 Å². The van der Waals surface area contributed by atoms with E-state index in [9.17, 15) is 28.8 Å². The number of fused-ring (bicyclic) bond motifs is 1. The number of ketones is 1. The van der Waals surface area contributed by atoms with E-state index in [4.69, 9.17) is 20.9 Å². The van der Waals surface area contributed by atoms with Crippen LogP contribution in [0, 0.1) is 11.8 Å². The minimum atomic E-state index is -1.50. The number of hydrazine groups is 1. The molecule has 5 atom stereocenters. The number of ether oxygens (including phenoxy) is 2. The van der Waals surface area contributed by atoms with Gasteiger partial charge in [0.1, 0.15) is 24.0 Å². The Labute approximate surface area is 331 Å². The smallest absolute Gasteiger partial charge is 0.407 e. The number of hydrogen-bond donors (Lipinski definition) is 5. The van der Waals surface area contributed by atoms with Gasteiger partial charge in [0.25, 0.3) is 11.8 Å². The Morgan fingerprint density at radius 1 is 0.825 bits per heavy atom. The first-order valence-corrected chi connectivity index (χ1v) is 18.7. The van der Waals surface area contributed by atoms with Crippen LogP contribution in [0.25, 0.3) is 10.9 Å². The fourth-order valence-electron chi connectivity index (χ4n) is 6.27. The molecule has 0 spiro atoms. The van der Waals surface area contributed by atoms with Gasteiger partial charge in [-0.3, -0.25) is 29.4 Å². The number of nitrogens with zero attached hydrogens (tertiary/aromatic N) is 2. The third-order valence-corrected chi connectivity index (χ3v) is 9.22. The Kier molecular flexibility index (Phi) is 16.2. The van der Waals surface area contributed by atoms with Crippen molar-refractivity contribution >= 4 is 46.5 Å². The van der Waals surface area contributed by atoms with Gasteiger partial charge in [-0.15, -0.1) is 0 Å². The number of methoxy groups -OCH3 is 1. The molecule has 4 amide bonds. The maximum absolute atomic E-state index is 14.9. The molecule has 0 aliphatic carbocycles. The molecule has 1 aromatic heterocycles. The Bertz CT molecular complexity index is 2000. The van der Waals surface area contributed by atoms with Crippen molar-refractivity contribution in [2.45, 2.75) is 77.4 Å². The first-order chi connectivity index (χ1) is 27.3. The maximum Gasteiger partial charge on any atom is 0.407 e. The molecule has 1 unspecified atom stereocenters. The number of alkyl carbamates (subject to hydrolysis) is 1. The minimum absolute atomic E-state index is 0.00442. The van der Waals surface area contributed by atoms with Gasteiger partial charge in [-0.05, 0) is 42.0 Å². The first-order valence-electron chi connectivity index (χ1n) is 18.7. The monoisotopic (exact) mass is 781 g/mol. The summed E-state index contributed by atoms with van der Waals surface area (Å²) < 4.78 is 10.8. The van der Waals surface area contributed by atoms with Crippen LogP contribution in [-0.2, 0) is 41.6 Å². The summed E-state index contributed by atoms with van der Waals surface area (Å²) in [6, 6.07) is 25.7. The van der Waals surface area contributed by atoms with Crippen molar-refractivity contribution in [3.8, 4) is 0 Å². The number of carbonyl (C=O) groups is 6. The number of nitrogens with one attached hydrogen (secondary N) is 3. The molecular weight excluding hydrogens is 731 g/mol. The van der Waals surface area contributed by atoms with E-state index in [0.717, 1.165) is 5.39 Å². The summed E-state index contributed by atoms with van der Waals surface area (Å²) in [4.78, 5) is 85.1. The third kappa shape index (κ3) is 12.7. The van der Waals surface area contributed by atoms with Crippen LogP contribution in [0.3, 0.4) is 0 Å². The molecule has 15 heteroatoms. The number of hydrogen-bond acceptors (Lipinski definition) is 11. The summed E-state index contributed by atoms with van der Waals surface area (Å²) >= 11 is 0. The fraction of sp³-hybridized carbons (Fsp3) is 0.357. The van der Waals surface area contributed by atoms with Crippen LogP contribution in [0.15, 0.2) is 97.1 Å². The van der Waals surface area contributed by atoms with Crippen molar-refractivity contribution in [1.29, 1.82) is 0 Å². The molecule has 15 nitrogen and oxygen atoms in total. The summed E-state index contributed by atoms with van der Waals surface area (Å²) in [7, 11) is 1.17. The number of primary amides is 1. The quantitative estimate of drug-likeness (QED) is 0.0495. The molecule has 0 saturated carbocycles. The summed E-state index contributed by atoms with van der Waals surface area (Å²) in [6.07, 6.45) is -3.96. The molecule has 0 radical (unpaired) electrons. The maximum atomic E-state index is 14.9. The number of carbonyl (C=O) groups excluding carboxylic acids is 6. The standard InChI is InChI=1S/C42H51N7O8/c1-5-14-35(51)57-38(39(44)49(25-28-17-10-7-11-18-28)48-41(54)36(26(2)3)47-42(55)56-4)30(23-27-15-8-6-9-16-27)37(52)33(24-34(43)50)46-40(53)32-22-21-29-19-12-13-20-31(29)45-32/h6-13,15-22,26,30,33,36,38-39H,5,14,23-25,44H2,1-4H3,(H2,43,50)(H,46,53)(H,47,55)(H,48,54)/t30-,33+,36+,38+,39?/m1/s1. The SMILES string of the molecule is CCCC(=O)O[C@H](C(N)N(Cc1ccccc1)NC(=O)[C@@H](NC(=O)OC)C(C)C)[C@H](Cc1ccccc1)C(=O)[C@H](CC(N)=O)NC(=O)c1ccc2ccccc2n1. The van der Waals surface area contributed by atoms with E-state index < -0.39 is 78.2 Å². The van der Waals surface area contributed by atoms with Crippen molar-refractivity contribution in [1.82, 2.24) is 26.1 Å². The van der Waals surface area contributed by atoms with Gasteiger partial charge in [0.05, 0.1) is 31.0 Å². The number of rotatable bonds is 20. The van der Waals surface area contributed by atoms with Crippen LogP contribution in [0.2, 0.25) is 0 Å². The minimum Gasteiger partial charge on any atom is -0.458 e. The Balaban J connectivity index is 1.80. The molecular formula is C42H51N7O8. The van der Waals surface area contributed by atoms with E-state index in [1.807, 2.05) is 18.2 Å². The van der Waals surface area contributed by atoms with Gasteiger partial charge in [-0.1, -0.05) is 106 Å². The number of amides is 4. The van der Waals surface area contributed by atoms with E-state index in [1.54, 1.807) is 93.6 Å². The van der Waals surface area contributed by atoms with Crippen LogP contribution in [0.4, 0.5) is 4.79 Å². The topological polar surface area (TPSA) is 225 Å². The van der Waals surface area contributed by atoms with Crippen LogP contribution in [0.1, 0.15) is 61.6 Å². The summed E-state index contributed by atoms with van der Waals surface area (Å²) in [5.41, 5.74) is 17.4. The second kappa shape index (κ2) is 21.2. The zero-order valence-corrected chi connectivity index (χ0v) is 32.6. The third-order valence-electron chi connectivity index (χ3n) is 9.22. The highest BCUT2D eigenvalue weighted by molar-refractivity contribution is 6.00. The molecule has 0 bridgehead atoms. The van der Waals surface area contributed by atoms with E-state index >= 15 is 0 Å². The Morgan fingerprint density at radius 3 is 2.07 bits per heavy atom. The molecule has 0 fully saturated rings. The van der Waals surface area contributed by atoms with Crippen LogP contribution in [0.5, 0.6) is 0 Å². The molecule has 57 heavy (non-hydrogen) atoms. The zero-order valence-electron chi connectivity index (χ0n) is 32.6.